The molecule has 1 heterocycles. The number of primary amides is 1. The summed E-state index contributed by atoms with van der Waals surface area (Å²) in [5, 5.41) is 27.8. The summed E-state index contributed by atoms with van der Waals surface area (Å²) in [4.78, 5) is 66.3. The number of carbonyl (C=O) groups is 5. The average molecular weight is 627 g/mol. The van der Waals surface area contributed by atoms with Gasteiger partial charge < -0.3 is 42.6 Å². The fourth-order valence-electron chi connectivity index (χ4n) is 4.58. The lowest BCUT2D eigenvalue weighted by atomic mass is 10.0. The molecule has 0 saturated carbocycles. The molecule has 4 unspecified atom stereocenters. The third-order valence-corrected chi connectivity index (χ3v) is 7.64. The molecule has 0 radical (unpaired) electrons. The first-order valence-electron chi connectivity index (χ1n) is 14.0. The zero-order valence-electron chi connectivity index (χ0n) is 24.2. The first-order valence-corrected chi connectivity index (χ1v) is 15.4. The van der Waals surface area contributed by atoms with E-state index in [-0.39, 0.29) is 37.9 Å². The number of nitrogens with one attached hydrogen (secondary N) is 4. The molecule has 1 aromatic heterocycles. The highest BCUT2D eigenvalue weighted by molar-refractivity contribution is 7.98. The molecule has 44 heavy (non-hydrogen) atoms. The Morgan fingerprint density at radius 2 is 1.48 bits per heavy atom. The molecular weight excluding hydrogens is 588 g/mol. The van der Waals surface area contributed by atoms with Crippen LogP contribution in [0.4, 0.5) is 0 Å². The molecule has 0 aliphatic carbocycles. The number of aromatic nitrogens is 1. The van der Waals surface area contributed by atoms with Crippen molar-refractivity contribution in [3.05, 3.63) is 65.9 Å². The van der Waals surface area contributed by atoms with Crippen LogP contribution in [-0.4, -0.2) is 81.0 Å². The molecule has 0 fully saturated rings. The number of benzene rings is 2. The number of rotatable bonds is 17. The molecule has 13 nitrogen and oxygen atoms in total. The van der Waals surface area contributed by atoms with Crippen molar-refractivity contribution in [3.63, 3.8) is 0 Å². The van der Waals surface area contributed by atoms with Crippen LogP contribution in [0.3, 0.4) is 0 Å². The Balaban J connectivity index is 1.71. The summed E-state index contributed by atoms with van der Waals surface area (Å²) in [6.07, 6.45) is 3.40. The molecule has 0 bridgehead atoms. The fourth-order valence-corrected chi connectivity index (χ4v) is 5.05. The minimum atomic E-state index is -1.33. The lowest BCUT2D eigenvalue weighted by molar-refractivity contribution is -0.142. The van der Waals surface area contributed by atoms with Gasteiger partial charge in [0.05, 0.1) is 6.04 Å². The number of hydrogen-bond donors (Lipinski definition) is 8. The standard InChI is InChI=1S/C30H38N6O7S/c1-44-13-12-24(34-27(39)21(31)14-17-6-8-19(37)9-7-17)29(41)35-23(10-11-26(32)38)28(40)36-25(30(42)43)15-18-16-33-22-5-3-2-4-20(18)22/h2-9,16,21,23-25,33,37H,10-15,31H2,1H3,(H2,32,38)(H,34,39)(H,35,41)(H,36,40)(H,42,43). The molecule has 0 aliphatic heterocycles. The fraction of sp³-hybridized carbons (Fsp3) is 0.367. The van der Waals surface area contributed by atoms with Gasteiger partial charge in [0.25, 0.3) is 0 Å². The van der Waals surface area contributed by atoms with E-state index in [4.69, 9.17) is 11.5 Å². The number of H-pyrrole nitrogens is 1. The van der Waals surface area contributed by atoms with Gasteiger partial charge in [-0.25, -0.2) is 4.79 Å². The van der Waals surface area contributed by atoms with Gasteiger partial charge in [0.1, 0.15) is 23.9 Å². The van der Waals surface area contributed by atoms with Crippen LogP contribution < -0.4 is 27.4 Å². The van der Waals surface area contributed by atoms with Crippen molar-refractivity contribution < 1.29 is 34.2 Å². The third-order valence-electron chi connectivity index (χ3n) is 7.00. The monoisotopic (exact) mass is 626 g/mol. The molecule has 4 amide bonds. The normalized spacial score (nSPS) is 13.8. The minimum absolute atomic E-state index is 0.0348. The van der Waals surface area contributed by atoms with Crippen molar-refractivity contribution in [1.29, 1.82) is 0 Å². The Morgan fingerprint density at radius 3 is 2.11 bits per heavy atom. The Hall–Kier alpha value is -4.56. The Morgan fingerprint density at radius 1 is 0.864 bits per heavy atom. The van der Waals surface area contributed by atoms with Crippen LogP contribution in [-0.2, 0) is 36.8 Å². The van der Waals surface area contributed by atoms with Crippen LogP contribution in [0.1, 0.15) is 30.4 Å². The SMILES string of the molecule is CSCCC(NC(=O)C(N)Cc1ccc(O)cc1)C(=O)NC(CCC(N)=O)C(=O)NC(Cc1c[nH]c2ccccc12)C(=O)O. The average Bonchev–Trinajstić information content (AvgIpc) is 3.40. The number of thioether (sulfide) groups is 1. The van der Waals surface area contributed by atoms with Gasteiger partial charge in [-0.05, 0) is 60.6 Å². The summed E-state index contributed by atoms with van der Waals surface area (Å²) < 4.78 is 0. The summed E-state index contributed by atoms with van der Waals surface area (Å²) in [5.74, 6) is -3.53. The molecule has 3 rings (SSSR count). The van der Waals surface area contributed by atoms with E-state index in [9.17, 15) is 34.2 Å². The highest BCUT2D eigenvalue weighted by atomic mass is 32.2. The van der Waals surface area contributed by atoms with E-state index in [1.165, 1.54) is 23.9 Å². The van der Waals surface area contributed by atoms with Crippen molar-refractivity contribution in [2.45, 2.75) is 56.3 Å². The lowest BCUT2D eigenvalue weighted by Crippen LogP contribution is -2.57. The van der Waals surface area contributed by atoms with Gasteiger partial charge in [-0.1, -0.05) is 30.3 Å². The van der Waals surface area contributed by atoms with Crippen LogP contribution in [0, 0.1) is 0 Å². The number of aliphatic carboxylic acids is 1. The van der Waals surface area contributed by atoms with Gasteiger partial charge >= 0.3 is 5.97 Å². The van der Waals surface area contributed by atoms with E-state index in [1.807, 2.05) is 30.5 Å². The molecule has 10 N–H and O–H groups in total. The Labute approximate surface area is 258 Å². The Bertz CT molecular complexity index is 1460. The molecule has 0 aliphatic rings. The molecule has 0 spiro atoms. The maximum atomic E-state index is 13.4. The summed E-state index contributed by atoms with van der Waals surface area (Å²) in [5.41, 5.74) is 13.6. The second kappa shape index (κ2) is 16.3. The predicted octanol–water partition coefficient (Wildman–Crippen LogP) is 0.544. The largest absolute Gasteiger partial charge is 0.508 e. The van der Waals surface area contributed by atoms with Crippen molar-refractivity contribution in [1.82, 2.24) is 20.9 Å². The number of nitrogens with two attached hydrogens (primary N) is 2. The quantitative estimate of drug-likeness (QED) is 0.104. The number of phenols is 1. The number of carbonyl (C=O) groups excluding carboxylic acids is 4. The van der Waals surface area contributed by atoms with Crippen LogP contribution in [0.15, 0.2) is 54.7 Å². The van der Waals surface area contributed by atoms with E-state index >= 15 is 0 Å². The number of para-hydroxylation sites is 1. The number of hydrogen-bond acceptors (Lipinski definition) is 8. The molecule has 14 heteroatoms. The van der Waals surface area contributed by atoms with E-state index < -0.39 is 53.8 Å². The second-order valence-electron chi connectivity index (χ2n) is 10.3. The minimum Gasteiger partial charge on any atom is -0.508 e. The number of amides is 4. The molecule has 2 aromatic carbocycles. The maximum absolute atomic E-state index is 13.4. The number of phenolic OH excluding ortho intramolecular Hbond substituents is 1. The highest BCUT2D eigenvalue weighted by Gasteiger charge is 2.31. The first kappa shape index (κ1) is 33.9. The lowest BCUT2D eigenvalue weighted by Gasteiger charge is -2.25. The zero-order chi connectivity index (χ0) is 32.2. The van der Waals surface area contributed by atoms with Crippen molar-refractivity contribution in [2.75, 3.05) is 12.0 Å². The number of carboxylic acid groups (broad SMARTS) is 1. The summed E-state index contributed by atoms with van der Waals surface area (Å²) in [6, 6.07) is 8.83. The molecule has 3 aromatic rings. The van der Waals surface area contributed by atoms with Crippen molar-refractivity contribution >= 4 is 52.3 Å². The van der Waals surface area contributed by atoms with Gasteiger partial charge in [0.2, 0.25) is 23.6 Å². The summed E-state index contributed by atoms with van der Waals surface area (Å²) in [6.45, 7) is 0. The molecule has 236 valence electrons. The van der Waals surface area contributed by atoms with Gasteiger partial charge in [0, 0.05) is 29.9 Å². The predicted molar refractivity (Wildman–Crippen MR) is 167 cm³/mol. The molecule has 0 saturated heterocycles. The molecular formula is C30H38N6O7S. The second-order valence-corrected chi connectivity index (χ2v) is 11.3. The van der Waals surface area contributed by atoms with E-state index in [1.54, 1.807) is 18.3 Å². The zero-order valence-corrected chi connectivity index (χ0v) is 25.1. The Kier molecular flexibility index (Phi) is 12.6. The van der Waals surface area contributed by atoms with E-state index in [2.05, 4.69) is 20.9 Å². The van der Waals surface area contributed by atoms with E-state index in [0.29, 0.717) is 16.9 Å². The van der Waals surface area contributed by atoms with Gasteiger partial charge in [0.15, 0.2) is 0 Å². The van der Waals surface area contributed by atoms with Crippen LogP contribution in [0.5, 0.6) is 5.75 Å². The number of aromatic hydroxyl groups is 1. The van der Waals surface area contributed by atoms with Gasteiger partial charge in [-0.2, -0.15) is 11.8 Å². The smallest absolute Gasteiger partial charge is 0.326 e. The third kappa shape index (κ3) is 10.0. The van der Waals surface area contributed by atoms with Gasteiger partial charge in [-0.3, -0.25) is 19.2 Å². The topological polar surface area (TPSA) is 230 Å². The highest BCUT2D eigenvalue weighted by Crippen LogP contribution is 2.19. The van der Waals surface area contributed by atoms with Crippen LogP contribution in [0.2, 0.25) is 0 Å². The molecule has 4 atom stereocenters. The van der Waals surface area contributed by atoms with Crippen molar-refractivity contribution in [3.8, 4) is 5.75 Å². The van der Waals surface area contributed by atoms with Crippen LogP contribution in [0.25, 0.3) is 10.9 Å². The summed E-state index contributed by atoms with van der Waals surface area (Å²) in [7, 11) is 0. The number of carboxylic acids is 1. The first-order chi connectivity index (χ1) is 21.0. The van der Waals surface area contributed by atoms with E-state index in [0.717, 1.165) is 10.9 Å². The van der Waals surface area contributed by atoms with Gasteiger partial charge in [-0.15, -0.1) is 0 Å². The van der Waals surface area contributed by atoms with Crippen LogP contribution >= 0.6 is 11.8 Å². The number of aromatic amines is 1. The van der Waals surface area contributed by atoms with Crippen molar-refractivity contribution in [2.24, 2.45) is 11.5 Å². The maximum Gasteiger partial charge on any atom is 0.326 e. The number of fused-ring (bicyclic) bond motifs is 1. The summed E-state index contributed by atoms with van der Waals surface area (Å²) >= 11 is 1.45.